The molecule has 2 aromatic rings. The van der Waals surface area contributed by atoms with Crippen molar-refractivity contribution in [3.63, 3.8) is 0 Å². The van der Waals surface area contributed by atoms with Crippen LogP contribution in [-0.2, 0) is 0 Å². The van der Waals surface area contributed by atoms with Crippen LogP contribution in [0.5, 0.6) is 0 Å². The monoisotopic (exact) mass is 242 g/mol. The lowest BCUT2D eigenvalue weighted by atomic mass is 10.1. The SMILES string of the molecule is Nc1ccc(NC(=O)c2ccc(N)c(N)c2)cc1. The van der Waals surface area contributed by atoms with E-state index in [0.29, 0.717) is 28.3 Å². The topological polar surface area (TPSA) is 107 Å². The number of hydrogen-bond donors (Lipinski definition) is 4. The Labute approximate surface area is 105 Å². The van der Waals surface area contributed by atoms with E-state index in [4.69, 9.17) is 17.2 Å². The molecule has 0 saturated carbocycles. The molecule has 5 nitrogen and oxygen atoms in total. The van der Waals surface area contributed by atoms with Crippen LogP contribution < -0.4 is 22.5 Å². The van der Waals surface area contributed by atoms with E-state index in [1.165, 1.54) is 0 Å². The van der Waals surface area contributed by atoms with Gasteiger partial charge in [-0.05, 0) is 42.5 Å². The Balaban J connectivity index is 2.16. The lowest BCUT2D eigenvalue weighted by Gasteiger charge is -2.07. The second kappa shape index (κ2) is 4.67. The van der Waals surface area contributed by atoms with E-state index in [0.717, 1.165) is 0 Å². The molecule has 0 radical (unpaired) electrons. The maximum atomic E-state index is 11.9. The molecule has 2 rings (SSSR count). The predicted molar refractivity (Wildman–Crippen MR) is 74.1 cm³/mol. The highest BCUT2D eigenvalue weighted by atomic mass is 16.1. The molecule has 0 fully saturated rings. The number of nitrogens with one attached hydrogen (secondary N) is 1. The van der Waals surface area contributed by atoms with E-state index in [2.05, 4.69) is 5.32 Å². The Kier molecular flexibility index (Phi) is 3.05. The Morgan fingerprint density at radius 1 is 0.889 bits per heavy atom. The molecule has 0 aliphatic rings. The third-order valence-electron chi connectivity index (χ3n) is 2.52. The van der Waals surface area contributed by atoms with E-state index in [1.807, 2.05) is 0 Å². The second-order valence-corrected chi connectivity index (χ2v) is 3.92. The van der Waals surface area contributed by atoms with Crippen LogP contribution in [0.1, 0.15) is 10.4 Å². The Bertz CT molecular complexity index is 578. The first-order valence-electron chi connectivity index (χ1n) is 5.38. The van der Waals surface area contributed by atoms with Crippen LogP contribution in [0.4, 0.5) is 22.7 Å². The van der Waals surface area contributed by atoms with Crippen molar-refractivity contribution >= 4 is 28.7 Å². The summed E-state index contributed by atoms with van der Waals surface area (Å²) in [5, 5.41) is 2.74. The number of rotatable bonds is 2. The molecule has 0 aliphatic carbocycles. The molecule has 0 bridgehead atoms. The Morgan fingerprint density at radius 2 is 1.56 bits per heavy atom. The van der Waals surface area contributed by atoms with Gasteiger partial charge in [0.1, 0.15) is 0 Å². The molecule has 0 atom stereocenters. The van der Waals surface area contributed by atoms with Crippen LogP contribution in [0.3, 0.4) is 0 Å². The van der Waals surface area contributed by atoms with Crippen LogP contribution in [-0.4, -0.2) is 5.91 Å². The zero-order valence-corrected chi connectivity index (χ0v) is 9.68. The number of nitrogen functional groups attached to an aromatic ring is 3. The predicted octanol–water partition coefficient (Wildman–Crippen LogP) is 1.69. The number of amides is 1. The number of anilines is 4. The summed E-state index contributed by atoms with van der Waals surface area (Å²) in [4.78, 5) is 11.9. The van der Waals surface area contributed by atoms with E-state index in [-0.39, 0.29) is 5.91 Å². The lowest BCUT2D eigenvalue weighted by Crippen LogP contribution is -2.12. The van der Waals surface area contributed by atoms with E-state index in [9.17, 15) is 4.79 Å². The summed E-state index contributed by atoms with van der Waals surface area (Å²) in [5.74, 6) is -0.244. The number of benzene rings is 2. The molecule has 2 aromatic carbocycles. The molecule has 0 aromatic heterocycles. The highest BCUT2D eigenvalue weighted by Crippen LogP contribution is 2.17. The van der Waals surface area contributed by atoms with E-state index in [1.54, 1.807) is 42.5 Å². The number of carbonyl (C=O) groups is 1. The van der Waals surface area contributed by atoms with Crippen LogP contribution in [0.15, 0.2) is 42.5 Å². The highest BCUT2D eigenvalue weighted by molar-refractivity contribution is 6.05. The smallest absolute Gasteiger partial charge is 0.255 e. The van der Waals surface area contributed by atoms with Crippen molar-refractivity contribution in [1.82, 2.24) is 0 Å². The summed E-state index contributed by atoms with van der Waals surface area (Å²) in [7, 11) is 0. The minimum Gasteiger partial charge on any atom is -0.399 e. The third-order valence-corrected chi connectivity index (χ3v) is 2.52. The molecular weight excluding hydrogens is 228 g/mol. The Hall–Kier alpha value is -2.69. The maximum absolute atomic E-state index is 11.9. The Morgan fingerprint density at radius 3 is 2.17 bits per heavy atom. The van der Waals surface area contributed by atoms with Gasteiger partial charge < -0.3 is 22.5 Å². The maximum Gasteiger partial charge on any atom is 0.255 e. The number of nitrogens with two attached hydrogens (primary N) is 3. The van der Waals surface area contributed by atoms with Crippen molar-refractivity contribution in [3.8, 4) is 0 Å². The summed E-state index contributed by atoms with van der Waals surface area (Å²) in [6, 6.07) is 11.7. The number of hydrogen-bond acceptors (Lipinski definition) is 4. The molecule has 0 spiro atoms. The summed E-state index contributed by atoms with van der Waals surface area (Å²) in [5.41, 5.74) is 19.4. The summed E-state index contributed by atoms with van der Waals surface area (Å²) >= 11 is 0. The molecule has 0 unspecified atom stereocenters. The zero-order chi connectivity index (χ0) is 13.1. The van der Waals surface area contributed by atoms with Gasteiger partial charge in [0.05, 0.1) is 11.4 Å². The number of carbonyl (C=O) groups excluding carboxylic acids is 1. The van der Waals surface area contributed by atoms with Gasteiger partial charge in [0, 0.05) is 16.9 Å². The highest BCUT2D eigenvalue weighted by Gasteiger charge is 2.07. The normalized spacial score (nSPS) is 10.0. The van der Waals surface area contributed by atoms with Gasteiger partial charge in [0.15, 0.2) is 0 Å². The molecule has 0 aliphatic heterocycles. The second-order valence-electron chi connectivity index (χ2n) is 3.92. The summed E-state index contributed by atoms with van der Waals surface area (Å²) in [6.07, 6.45) is 0. The fourth-order valence-electron chi connectivity index (χ4n) is 1.49. The fraction of sp³-hybridized carbons (Fsp3) is 0. The van der Waals surface area contributed by atoms with Crippen molar-refractivity contribution in [2.45, 2.75) is 0 Å². The molecule has 92 valence electrons. The average molecular weight is 242 g/mol. The van der Waals surface area contributed by atoms with Gasteiger partial charge in [-0.2, -0.15) is 0 Å². The minimum absolute atomic E-state index is 0.244. The van der Waals surface area contributed by atoms with Crippen molar-refractivity contribution in [2.75, 3.05) is 22.5 Å². The lowest BCUT2D eigenvalue weighted by molar-refractivity contribution is 0.102. The molecule has 0 heterocycles. The molecule has 5 heteroatoms. The molecule has 1 amide bonds. The van der Waals surface area contributed by atoms with Gasteiger partial charge in [-0.15, -0.1) is 0 Å². The average Bonchev–Trinajstić information content (AvgIpc) is 2.35. The molecule has 0 saturated heterocycles. The van der Waals surface area contributed by atoms with Crippen molar-refractivity contribution in [1.29, 1.82) is 0 Å². The third kappa shape index (κ3) is 2.52. The first-order chi connectivity index (χ1) is 8.56. The molecular formula is C13H14N4O. The zero-order valence-electron chi connectivity index (χ0n) is 9.68. The molecule has 18 heavy (non-hydrogen) atoms. The van der Waals surface area contributed by atoms with Crippen molar-refractivity contribution in [2.24, 2.45) is 0 Å². The van der Waals surface area contributed by atoms with Crippen LogP contribution >= 0.6 is 0 Å². The van der Waals surface area contributed by atoms with Gasteiger partial charge in [-0.3, -0.25) is 4.79 Å². The van der Waals surface area contributed by atoms with Crippen LogP contribution in [0.2, 0.25) is 0 Å². The minimum atomic E-state index is -0.244. The van der Waals surface area contributed by atoms with Crippen LogP contribution in [0.25, 0.3) is 0 Å². The van der Waals surface area contributed by atoms with Gasteiger partial charge >= 0.3 is 0 Å². The first kappa shape index (κ1) is 11.8. The first-order valence-corrected chi connectivity index (χ1v) is 5.38. The quantitative estimate of drug-likeness (QED) is 0.601. The van der Waals surface area contributed by atoms with Crippen molar-refractivity contribution < 1.29 is 4.79 Å². The van der Waals surface area contributed by atoms with Gasteiger partial charge in [0.2, 0.25) is 0 Å². The van der Waals surface area contributed by atoms with Crippen molar-refractivity contribution in [3.05, 3.63) is 48.0 Å². The summed E-state index contributed by atoms with van der Waals surface area (Å²) < 4.78 is 0. The van der Waals surface area contributed by atoms with E-state index >= 15 is 0 Å². The van der Waals surface area contributed by atoms with Crippen LogP contribution in [0, 0.1) is 0 Å². The van der Waals surface area contributed by atoms with Gasteiger partial charge in [-0.25, -0.2) is 0 Å². The fourth-order valence-corrected chi connectivity index (χ4v) is 1.49. The van der Waals surface area contributed by atoms with E-state index < -0.39 is 0 Å². The standard InChI is InChI=1S/C13H14N4O/c14-9-2-4-10(5-3-9)17-13(18)8-1-6-11(15)12(16)7-8/h1-7H,14-16H2,(H,17,18). The van der Waals surface area contributed by atoms with Gasteiger partial charge in [0.25, 0.3) is 5.91 Å². The van der Waals surface area contributed by atoms with Gasteiger partial charge in [-0.1, -0.05) is 0 Å². The largest absolute Gasteiger partial charge is 0.399 e. The summed E-state index contributed by atoms with van der Waals surface area (Å²) in [6.45, 7) is 0. The molecule has 7 N–H and O–H groups in total.